The van der Waals surface area contributed by atoms with Gasteiger partial charge in [0.05, 0.1) is 0 Å². The fraction of sp³-hybridized carbons (Fsp3) is 0. The van der Waals surface area contributed by atoms with Crippen molar-refractivity contribution in [2.45, 2.75) is 0 Å². The lowest BCUT2D eigenvalue weighted by Gasteiger charge is -2.04. The highest BCUT2D eigenvalue weighted by Gasteiger charge is 2.18. The minimum absolute atomic E-state index is 0.150. The molecule has 146 valence electrons. The molecule has 0 aliphatic heterocycles. The summed E-state index contributed by atoms with van der Waals surface area (Å²) in [5.74, 6) is -1.29. The average Bonchev–Trinajstić information content (AvgIpc) is 3.39. The number of esters is 2. The third kappa shape index (κ3) is 3.37. The molecular formula is C22H12N2O6. The van der Waals surface area contributed by atoms with Gasteiger partial charge >= 0.3 is 23.7 Å². The number of fused-ring (bicyclic) bond motifs is 2. The Balaban J connectivity index is 1.26. The van der Waals surface area contributed by atoms with Crippen molar-refractivity contribution in [1.29, 1.82) is 0 Å². The van der Waals surface area contributed by atoms with Crippen LogP contribution in [-0.4, -0.2) is 21.9 Å². The summed E-state index contributed by atoms with van der Waals surface area (Å²) in [6.07, 6.45) is 0. The third-order valence-electron chi connectivity index (χ3n) is 4.18. The Bertz CT molecular complexity index is 1210. The normalized spacial score (nSPS) is 10.9. The molecule has 5 aromatic rings. The zero-order valence-corrected chi connectivity index (χ0v) is 15.3. The lowest BCUT2D eigenvalue weighted by Crippen LogP contribution is -2.10. The second-order valence-corrected chi connectivity index (χ2v) is 6.22. The van der Waals surface area contributed by atoms with Gasteiger partial charge in [-0.1, -0.05) is 24.3 Å². The maximum absolute atomic E-state index is 12.2. The van der Waals surface area contributed by atoms with Gasteiger partial charge in [0, 0.05) is 0 Å². The van der Waals surface area contributed by atoms with E-state index in [9.17, 15) is 9.59 Å². The van der Waals surface area contributed by atoms with Crippen molar-refractivity contribution in [3.63, 3.8) is 0 Å². The molecule has 0 fully saturated rings. The molecule has 2 heterocycles. The summed E-state index contributed by atoms with van der Waals surface area (Å²) in [6.45, 7) is 0. The summed E-state index contributed by atoms with van der Waals surface area (Å²) < 4.78 is 21.3. The van der Waals surface area contributed by atoms with Gasteiger partial charge in [-0.05, 0) is 48.5 Å². The van der Waals surface area contributed by atoms with Crippen molar-refractivity contribution < 1.29 is 27.9 Å². The van der Waals surface area contributed by atoms with Crippen LogP contribution in [0.2, 0.25) is 0 Å². The van der Waals surface area contributed by atoms with E-state index in [0.29, 0.717) is 22.2 Å². The van der Waals surface area contributed by atoms with Gasteiger partial charge in [-0.3, -0.25) is 0 Å². The number of hydrogen-bond acceptors (Lipinski definition) is 8. The molecule has 0 unspecified atom stereocenters. The van der Waals surface area contributed by atoms with Crippen LogP contribution < -0.4 is 9.47 Å². The molecule has 0 saturated carbocycles. The van der Waals surface area contributed by atoms with Gasteiger partial charge in [0.2, 0.25) is 0 Å². The van der Waals surface area contributed by atoms with Crippen molar-refractivity contribution in [1.82, 2.24) is 9.97 Å². The summed E-state index contributed by atoms with van der Waals surface area (Å²) in [4.78, 5) is 32.6. The van der Waals surface area contributed by atoms with Crippen molar-refractivity contribution in [2.75, 3.05) is 0 Å². The minimum atomic E-state index is -0.734. The van der Waals surface area contributed by atoms with E-state index in [1.807, 2.05) is 0 Å². The standard InChI is InChI=1S/C22H12N2O6/c25-21(19-23-15-5-1-3-7-17(15)29-19)27-13-9-11-14(12-10-13)28-22(26)20-24-16-6-2-4-8-18(16)30-20/h1-12H. The Morgan fingerprint density at radius 1 is 0.600 bits per heavy atom. The summed E-state index contributed by atoms with van der Waals surface area (Å²) in [5.41, 5.74) is 2.11. The van der Waals surface area contributed by atoms with E-state index in [4.69, 9.17) is 18.3 Å². The van der Waals surface area contributed by atoms with E-state index in [-0.39, 0.29) is 23.3 Å². The zero-order chi connectivity index (χ0) is 20.5. The number of carbonyl (C=O) groups excluding carboxylic acids is 2. The molecule has 0 saturated heterocycles. The quantitative estimate of drug-likeness (QED) is 0.323. The first-order valence-corrected chi connectivity index (χ1v) is 8.91. The van der Waals surface area contributed by atoms with Crippen molar-refractivity contribution in [2.24, 2.45) is 0 Å². The maximum Gasteiger partial charge on any atom is 0.400 e. The fourth-order valence-electron chi connectivity index (χ4n) is 2.80. The van der Waals surface area contributed by atoms with Crippen LogP contribution in [0.4, 0.5) is 0 Å². The van der Waals surface area contributed by atoms with Crippen molar-refractivity contribution in [3.8, 4) is 11.5 Å². The van der Waals surface area contributed by atoms with Crippen molar-refractivity contribution in [3.05, 3.63) is 84.6 Å². The van der Waals surface area contributed by atoms with Gasteiger partial charge in [-0.15, -0.1) is 0 Å². The Labute approximate surface area is 168 Å². The Hall–Kier alpha value is -4.46. The highest BCUT2D eigenvalue weighted by Crippen LogP contribution is 2.22. The van der Waals surface area contributed by atoms with E-state index < -0.39 is 11.9 Å². The molecule has 0 aliphatic rings. The van der Waals surface area contributed by atoms with Gasteiger partial charge < -0.3 is 18.3 Å². The number of oxazole rings is 2. The van der Waals surface area contributed by atoms with E-state index in [0.717, 1.165) is 0 Å². The van der Waals surface area contributed by atoms with Gasteiger partial charge in [-0.2, -0.15) is 0 Å². The van der Waals surface area contributed by atoms with Gasteiger partial charge in [-0.25, -0.2) is 19.6 Å². The number of aromatic nitrogens is 2. The number of para-hydroxylation sites is 4. The molecule has 30 heavy (non-hydrogen) atoms. The highest BCUT2D eigenvalue weighted by molar-refractivity contribution is 5.90. The molecule has 5 rings (SSSR count). The Morgan fingerprint density at radius 3 is 1.40 bits per heavy atom. The summed E-state index contributed by atoms with van der Waals surface area (Å²) >= 11 is 0. The fourth-order valence-corrected chi connectivity index (χ4v) is 2.80. The lowest BCUT2D eigenvalue weighted by atomic mass is 10.3. The number of hydrogen-bond donors (Lipinski definition) is 0. The van der Waals surface area contributed by atoms with Gasteiger partial charge in [0.25, 0.3) is 0 Å². The first-order valence-electron chi connectivity index (χ1n) is 8.91. The summed E-state index contributed by atoms with van der Waals surface area (Å²) in [6, 6.07) is 20.0. The molecule has 3 aromatic carbocycles. The zero-order valence-electron chi connectivity index (χ0n) is 15.3. The molecule has 2 aromatic heterocycles. The predicted octanol–water partition coefficient (Wildman–Crippen LogP) is 4.41. The molecule has 0 N–H and O–H groups in total. The second kappa shape index (κ2) is 7.17. The first-order chi connectivity index (χ1) is 14.7. The molecule has 8 heteroatoms. The molecule has 0 aliphatic carbocycles. The van der Waals surface area contributed by atoms with Crippen LogP contribution in [0.5, 0.6) is 11.5 Å². The molecule has 0 amide bonds. The summed E-state index contributed by atoms with van der Waals surface area (Å²) in [5, 5.41) is 0. The minimum Gasteiger partial charge on any atom is -0.431 e. The van der Waals surface area contributed by atoms with Crippen LogP contribution in [0, 0.1) is 0 Å². The average molecular weight is 400 g/mol. The molecule has 8 nitrogen and oxygen atoms in total. The molecule has 0 radical (unpaired) electrons. The smallest absolute Gasteiger partial charge is 0.400 e. The molecule has 0 bridgehead atoms. The lowest BCUT2D eigenvalue weighted by molar-refractivity contribution is 0.0681. The third-order valence-corrected chi connectivity index (χ3v) is 4.18. The molecular weight excluding hydrogens is 388 g/mol. The van der Waals surface area contributed by atoms with Crippen LogP contribution in [0.25, 0.3) is 22.2 Å². The Kier molecular flexibility index (Phi) is 4.21. The SMILES string of the molecule is O=C(Oc1ccc(OC(=O)c2nc3ccccc3o2)cc1)c1nc2ccccc2o1. The maximum atomic E-state index is 12.2. The number of ether oxygens (including phenoxy) is 2. The number of carbonyl (C=O) groups is 2. The highest BCUT2D eigenvalue weighted by atomic mass is 16.6. The largest absolute Gasteiger partial charge is 0.431 e. The Morgan fingerprint density at radius 2 is 1.00 bits per heavy atom. The first kappa shape index (κ1) is 17.6. The van der Waals surface area contributed by atoms with E-state index in [2.05, 4.69) is 9.97 Å². The number of benzene rings is 3. The molecule has 0 spiro atoms. The number of rotatable bonds is 4. The van der Waals surface area contributed by atoms with Crippen molar-refractivity contribution >= 4 is 34.1 Å². The van der Waals surface area contributed by atoms with E-state index in [1.54, 1.807) is 48.5 Å². The van der Waals surface area contributed by atoms with Crippen LogP contribution >= 0.6 is 0 Å². The van der Waals surface area contributed by atoms with Crippen LogP contribution in [0.15, 0.2) is 81.6 Å². The van der Waals surface area contributed by atoms with Crippen LogP contribution in [-0.2, 0) is 0 Å². The van der Waals surface area contributed by atoms with Gasteiger partial charge in [0.15, 0.2) is 11.2 Å². The monoisotopic (exact) mass is 400 g/mol. The summed E-state index contributed by atoms with van der Waals surface area (Å²) in [7, 11) is 0. The topological polar surface area (TPSA) is 105 Å². The van der Waals surface area contributed by atoms with Gasteiger partial charge in [0.1, 0.15) is 22.5 Å². The number of nitrogens with zero attached hydrogens (tertiary/aromatic N) is 2. The van der Waals surface area contributed by atoms with Crippen LogP contribution in [0.1, 0.15) is 21.4 Å². The molecule has 0 atom stereocenters. The van der Waals surface area contributed by atoms with Crippen LogP contribution in [0.3, 0.4) is 0 Å². The second-order valence-electron chi connectivity index (χ2n) is 6.22. The predicted molar refractivity (Wildman–Crippen MR) is 104 cm³/mol. The van der Waals surface area contributed by atoms with E-state index >= 15 is 0 Å². The van der Waals surface area contributed by atoms with E-state index in [1.165, 1.54) is 24.3 Å².